The fraction of sp³-hybridized carbons (Fsp3) is 0.348. The van der Waals surface area contributed by atoms with Crippen molar-refractivity contribution >= 4 is 34.7 Å². The van der Waals surface area contributed by atoms with Crippen LogP contribution in [-0.4, -0.2) is 34.4 Å². The summed E-state index contributed by atoms with van der Waals surface area (Å²) in [5, 5.41) is 5.60. The first-order valence-electron chi connectivity index (χ1n) is 10.6. The van der Waals surface area contributed by atoms with E-state index in [4.69, 9.17) is 9.47 Å². The van der Waals surface area contributed by atoms with Crippen LogP contribution in [0.3, 0.4) is 0 Å². The van der Waals surface area contributed by atoms with Gasteiger partial charge in [-0.3, -0.25) is 9.36 Å². The third-order valence-corrected chi connectivity index (χ3v) is 7.39. The molecule has 0 bridgehead atoms. The topological polar surface area (TPSA) is 82.5 Å². The summed E-state index contributed by atoms with van der Waals surface area (Å²) in [6.07, 6.45) is 3.90. The number of hydrogen-bond acceptors (Lipinski definition) is 7. The number of carbonyl (C=O) groups excluding carboxylic acids is 1. The lowest BCUT2D eigenvalue weighted by molar-refractivity contribution is -0.113. The summed E-state index contributed by atoms with van der Waals surface area (Å²) in [5.74, 6) is 1.34. The number of nitrogens with zero attached hydrogens (tertiary/aromatic N) is 2. The fourth-order valence-corrected chi connectivity index (χ4v) is 5.61. The molecule has 0 atom stereocenters. The van der Waals surface area contributed by atoms with Gasteiger partial charge in [0, 0.05) is 27.9 Å². The molecule has 1 N–H and O–H groups in total. The minimum Gasteiger partial charge on any atom is -0.486 e. The summed E-state index contributed by atoms with van der Waals surface area (Å²) in [5.41, 5.74) is 2.60. The van der Waals surface area contributed by atoms with Crippen LogP contribution < -0.4 is 20.5 Å². The van der Waals surface area contributed by atoms with Gasteiger partial charge >= 0.3 is 5.69 Å². The van der Waals surface area contributed by atoms with Crippen molar-refractivity contribution in [1.29, 1.82) is 0 Å². The first-order chi connectivity index (χ1) is 15.7. The normalized spacial score (nSPS) is 14.6. The van der Waals surface area contributed by atoms with Crippen LogP contribution in [0, 0.1) is 0 Å². The molecular formula is C23H23N3O4S2. The van der Waals surface area contributed by atoms with Crippen LogP contribution in [0.4, 0.5) is 5.69 Å². The number of anilines is 1. The smallest absolute Gasteiger partial charge is 0.349 e. The van der Waals surface area contributed by atoms with Gasteiger partial charge in [-0.1, -0.05) is 17.8 Å². The summed E-state index contributed by atoms with van der Waals surface area (Å²) < 4.78 is 12.9. The molecule has 3 aromatic rings. The quantitative estimate of drug-likeness (QED) is 0.438. The minimum atomic E-state index is -0.242. The van der Waals surface area contributed by atoms with Crippen molar-refractivity contribution in [3.63, 3.8) is 0 Å². The highest BCUT2D eigenvalue weighted by Crippen LogP contribution is 2.33. The van der Waals surface area contributed by atoms with Gasteiger partial charge in [0.1, 0.15) is 18.2 Å². The molecule has 0 saturated heterocycles. The zero-order valence-corrected chi connectivity index (χ0v) is 19.1. The fourth-order valence-electron chi connectivity index (χ4n) is 4.04. The van der Waals surface area contributed by atoms with Crippen molar-refractivity contribution in [2.24, 2.45) is 0 Å². The van der Waals surface area contributed by atoms with Crippen LogP contribution in [0.5, 0.6) is 11.5 Å². The Morgan fingerprint density at radius 2 is 2.00 bits per heavy atom. The molecule has 1 amide bonds. The molecule has 0 spiro atoms. The number of aromatic nitrogens is 2. The van der Waals surface area contributed by atoms with Gasteiger partial charge in [0.15, 0.2) is 11.5 Å². The maximum atomic E-state index is 12.8. The van der Waals surface area contributed by atoms with Crippen molar-refractivity contribution in [2.75, 3.05) is 24.3 Å². The van der Waals surface area contributed by atoms with E-state index in [1.807, 2.05) is 17.5 Å². The largest absolute Gasteiger partial charge is 0.486 e. The van der Waals surface area contributed by atoms with Gasteiger partial charge in [-0.25, -0.2) is 4.79 Å². The van der Waals surface area contributed by atoms with Gasteiger partial charge in [0.2, 0.25) is 5.91 Å². The van der Waals surface area contributed by atoms with E-state index in [1.54, 1.807) is 34.1 Å². The summed E-state index contributed by atoms with van der Waals surface area (Å²) in [7, 11) is 0. The Bertz CT molecular complexity index is 1190. The standard InChI is InChI=1S/C23H23N3O4S2/c27-21(24-15-7-8-19-20(12-15)30-10-9-29-19)14-32-22-17-5-1-2-6-18(17)26(23(28)25-22)13-16-4-3-11-31-16/h3-4,7-8,11-12H,1-2,5-6,9-10,13-14H2,(H,24,27). The second-order valence-electron chi connectivity index (χ2n) is 7.69. The molecule has 7 nitrogen and oxygen atoms in total. The van der Waals surface area contributed by atoms with E-state index in [9.17, 15) is 9.59 Å². The highest BCUT2D eigenvalue weighted by molar-refractivity contribution is 8.00. The third kappa shape index (κ3) is 4.54. The molecule has 9 heteroatoms. The first-order valence-corrected chi connectivity index (χ1v) is 12.5. The molecule has 166 valence electrons. The molecule has 3 heterocycles. The molecule has 2 aromatic heterocycles. The number of fused-ring (bicyclic) bond motifs is 2. The van der Waals surface area contributed by atoms with E-state index >= 15 is 0 Å². The lowest BCUT2D eigenvalue weighted by Gasteiger charge is -2.22. The SMILES string of the molecule is O=C(CSc1nc(=O)n(Cc2cccs2)c2c1CCCC2)Nc1ccc2c(c1)OCCO2. The number of thiophene rings is 1. The average molecular weight is 470 g/mol. The van der Waals surface area contributed by atoms with Gasteiger partial charge < -0.3 is 14.8 Å². The van der Waals surface area contributed by atoms with E-state index in [0.717, 1.165) is 41.8 Å². The highest BCUT2D eigenvalue weighted by atomic mass is 32.2. The number of hydrogen-bond donors (Lipinski definition) is 1. The molecule has 0 unspecified atom stereocenters. The third-order valence-electron chi connectivity index (χ3n) is 5.51. The van der Waals surface area contributed by atoms with Crippen LogP contribution >= 0.6 is 23.1 Å². The van der Waals surface area contributed by atoms with E-state index in [-0.39, 0.29) is 17.3 Å². The maximum absolute atomic E-state index is 12.8. The van der Waals surface area contributed by atoms with Crippen LogP contribution in [0.2, 0.25) is 0 Å². The molecule has 0 fully saturated rings. The Morgan fingerprint density at radius 3 is 2.84 bits per heavy atom. The van der Waals surface area contributed by atoms with E-state index in [1.165, 1.54) is 11.8 Å². The molecule has 0 radical (unpaired) electrons. The van der Waals surface area contributed by atoms with Gasteiger partial charge in [0.05, 0.1) is 12.3 Å². The number of nitrogens with one attached hydrogen (secondary N) is 1. The van der Waals surface area contributed by atoms with Crippen LogP contribution in [0.15, 0.2) is 45.5 Å². The second kappa shape index (κ2) is 9.38. The molecule has 5 rings (SSSR count). The van der Waals surface area contributed by atoms with E-state index in [0.29, 0.717) is 42.0 Å². The predicted octanol–water partition coefficient (Wildman–Crippen LogP) is 3.73. The van der Waals surface area contributed by atoms with Gasteiger partial charge in [-0.05, 0) is 49.3 Å². The predicted molar refractivity (Wildman–Crippen MR) is 125 cm³/mol. The van der Waals surface area contributed by atoms with Crippen LogP contribution in [0.25, 0.3) is 0 Å². The molecule has 1 aliphatic heterocycles. The lowest BCUT2D eigenvalue weighted by Crippen LogP contribution is -2.30. The molecule has 2 aliphatic rings. The Kier molecular flexibility index (Phi) is 6.18. The maximum Gasteiger partial charge on any atom is 0.349 e. The highest BCUT2D eigenvalue weighted by Gasteiger charge is 2.21. The van der Waals surface area contributed by atoms with Crippen molar-refractivity contribution in [1.82, 2.24) is 9.55 Å². The van der Waals surface area contributed by atoms with E-state index < -0.39 is 0 Å². The Balaban J connectivity index is 1.30. The summed E-state index contributed by atoms with van der Waals surface area (Å²) in [4.78, 5) is 30.9. The molecule has 0 saturated carbocycles. The van der Waals surface area contributed by atoms with Gasteiger partial charge in [-0.15, -0.1) is 11.3 Å². The molecule has 1 aromatic carbocycles. The zero-order valence-electron chi connectivity index (χ0n) is 17.5. The summed E-state index contributed by atoms with van der Waals surface area (Å²) in [6.45, 7) is 1.58. The zero-order chi connectivity index (χ0) is 21.9. The molecule has 1 aliphatic carbocycles. The minimum absolute atomic E-state index is 0.152. The van der Waals surface area contributed by atoms with Crippen molar-refractivity contribution in [3.8, 4) is 11.5 Å². The number of carbonyl (C=O) groups is 1. The number of thioether (sulfide) groups is 1. The van der Waals surface area contributed by atoms with Crippen molar-refractivity contribution in [3.05, 3.63) is 62.3 Å². The summed E-state index contributed by atoms with van der Waals surface area (Å²) >= 11 is 2.97. The number of ether oxygens (including phenoxy) is 2. The Hall–Kier alpha value is -2.78. The van der Waals surface area contributed by atoms with Gasteiger partial charge in [0.25, 0.3) is 0 Å². The molecular weight excluding hydrogens is 446 g/mol. The van der Waals surface area contributed by atoms with Gasteiger partial charge in [-0.2, -0.15) is 4.98 Å². The Labute approximate surface area is 193 Å². The summed E-state index contributed by atoms with van der Waals surface area (Å²) in [6, 6.07) is 9.39. The average Bonchev–Trinajstić information content (AvgIpc) is 3.33. The van der Waals surface area contributed by atoms with Crippen LogP contribution in [0.1, 0.15) is 29.0 Å². The van der Waals surface area contributed by atoms with Crippen LogP contribution in [-0.2, 0) is 24.2 Å². The second-order valence-corrected chi connectivity index (χ2v) is 9.69. The lowest BCUT2D eigenvalue weighted by atomic mass is 9.97. The monoisotopic (exact) mass is 469 g/mol. The number of amides is 1. The molecule has 32 heavy (non-hydrogen) atoms. The first kappa shape index (κ1) is 21.1. The van der Waals surface area contributed by atoms with Crippen molar-refractivity contribution in [2.45, 2.75) is 37.3 Å². The number of rotatable bonds is 6. The Morgan fingerprint density at radius 1 is 1.16 bits per heavy atom. The number of benzene rings is 1. The van der Waals surface area contributed by atoms with E-state index in [2.05, 4.69) is 10.3 Å². The van der Waals surface area contributed by atoms with Crippen molar-refractivity contribution < 1.29 is 14.3 Å².